The fourth-order valence-corrected chi connectivity index (χ4v) is 11.4. The van der Waals surface area contributed by atoms with Crippen LogP contribution in [0.3, 0.4) is 0 Å². The molecule has 6 saturated carbocycles. The van der Waals surface area contributed by atoms with Crippen LogP contribution < -0.4 is 5.90 Å². The van der Waals surface area contributed by atoms with Gasteiger partial charge in [-0.25, -0.2) is 5.90 Å². The van der Waals surface area contributed by atoms with Crippen molar-refractivity contribution < 1.29 is 9.94 Å². The van der Waals surface area contributed by atoms with Crippen molar-refractivity contribution in [1.82, 2.24) is 4.90 Å². The summed E-state index contributed by atoms with van der Waals surface area (Å²) >= 11 is 0. The van der Waals surface area contributed by atoms with Crippen molar-refractivity contribution in [3.63, 3.8) is 0 Å². The average molecular weight is 557 g/mol. The summed E-state index contributed by atoms with van der Waals surface area (Å²) in [6.45, 7) is 0. The van der Waals surface area contributed by atoms with E-state index < -0.39 is 0 Å². The minimum absolute atomic E-state index is 0.0693. The Balaban J connectivity index is 0.966. The third-order valence-corrected chi connectivity index (χ3v) is 13.5. The van der Waals surface area contributed by atoms with E-state index in [1.807, 2.05) is 0 Å². The van der Waals surface area contributed by atoms with E-state index in [1.165, 1.54) is 148 Å². The molecule has 5 unspecified atom stereocenters. The maximum absolute atomic E-state index is 11.1. The van der Waals surface area contributed by atoms with Gasteiger partial charge in [0.05, 0.1) is 12.2 Å². The zero-order chi connectivity index (χ0) is 27.3. The van der Waals surface area contributed by atoms with E-state index in [0.29, 0.717) is 5.92 Å². The first-order valence-corrected chi connectivity index (χ1v) is 18.5. The number of nitrogens with two attached hydrogens (primary N) is 1. The molecule has 5 atom stereocenters. The van der Waals surface area contributed by atoms with Gasteiger partial charge >= 0.3 is 0 Å². The number of aliphatic hydroxyl groups excluding tert-OH is 1. The van der Waals surface area contributed by atoms with Crippen molar-refractivity contribution in [3.8, 4) is 0 Å². The fraction of sp³-hybridized carbons (Fsp3) is 1.00. The molecule has 230 valence electrons. The molecule has 4 heteroatoms. The molecule has 3 N–H and O–H groups in total. The number of hydrogen-bond donors (Lipinski definition) is 2. The Morgan fingerprint density at radius 3 is 1.60 bits per heavy atom. The molecule has 40 heavy (non-hydrogen) atoms. The maximum atomic E-state index is 11.1. The normalized spacial score (nSPS) is 41.5. The van der Waals surface area contributed by atoms with E-state index in [1.54, 1.807) is 0 Å². The van der Waals surface area contributed by atoms with Crippen molar-refractivity contribution in [2.24, 2.45) is 41.4 Å². The molecule has 0 spiro atoms. The standard InChI is InChI=1S/C36H64N2O2/c37-40-36(34-24-29-9-7-8-10-30(29)25-35(34)39)28-19-15-26(16-20-28)23-27-17-21-33(22-18-27)38(31-11-3-1-4-12-31)32-13-5-2-6-14-32/h26-36,39H,1-25,37H2. The minimum Gasteiger partial charge on any atom is -0.393 e. The minimum atomic E-state index is -0.206. The second kappa shape index (κ2) is 14.5. The van der Waals surface area contributed by atoms with Crippen LogP contribution in [0.25, 0.3) is 0 Å². The first-order chi connectivity index (χ1) is 19.7. The van der Waals surface area contributed by atoms with E-state index in [-0.39, 0.29) is 18.1 Å². The van der Waals surface area contributed by atoms with E-state index in [0.717, 1.165) is 54.6 Å². The van der Waals surface area contributed by atoms with Crippen LogP contribution in [0.2, 0.25) is 0 Å². The van der Waals surface area contributed by atoms with Crippen molar-refractivity contribution in [3.05, 3.63) is 0 Å². The van der Waals surface area contributed by atoms with Crippen LogP contribution in [0.4, 0.5) is 0 Å². The summed E-state index contributed by atoms with van der Waals surface area (Å²) in [5, 5.41) is 11.1. The van der Waals surface area contributed by atoms with Crippen LogP contribution in [0.1, 0.15) is 161 Å². The molecule has 0 aromatic heterocycles. The Hall–Kier alpha value is -0.160. The molecular formula is C36H64N2O2. The number of rotatable bonds is 8. The van der Waals surface area contributed by atoms with Gasteiger partial charge in [-0.3, -0.25) is 4.90 Å². The van der Waals surface area contributed by atoms with Gasteiger partial charge in [0, 0.05) is 24.0 Å². The average Bonchev–Trinajstić information content (AvgIpc) is 3.01. The summed E-state index contributed by atoms with van der Waals surface area (Å²) in [7, 11) is 0. The Morgan fingerprint density at radius 2 is 1.05 bits per heavy atom. The number of aliphatic hydroxyl groups is 1. The van der Waals surface area contributed by atoms with Gasteiger partial charge in [-0.05, 0) is 113 Å². The largest absolute Gasteiger partial charge is 0.393 e. The van der Waals surface area contributed by atoms with Crippen molar-refractivity contribution in [1.29, 1.82) is 0 Å². The van der Waals surface area contributed by atoms with E-state index in [2.05, 4.69) is 4.90 Å². The predicted octanol–water partition coefficient (Wildman–Crippen LogP) is 8.55. The zero-order valence-corrected chi connectivity index (χ0v) is 25.9. The summed E-state index contributed by atoms with van der Waals surface area (Å²) in [4.78, 5) is 8.87. The molecule has 0 saturated heterocycles. The summed E-state index contributed by atoms with van der Waals surface area (Å²) in [5.41, 5.74) is 0. The summed E-state index contributed by atoms with van der Waals surface area (Å²) in [5.74, 6) is 10.2. The van der Waals surface area contributed by atoms with Crippen LogP contribution in [-0.4, -0.2) is 40.3 Å². The quantitative estimate of drug-likeness (QED) is 0.294. The summed E-state index contributed by atoms with van der Waals surface area (Å²) in [6, 6.07) is 2.68. The van der Waals surface area contributed by atoms with Crippen LogP contribution in [0.15, 0.2) is 0 Å². The highest BCUT2D eigenvalue weighted by Gasteiger charge is 2.44. The van der Waals surface area contributed by atoms with Gasteiger partial charge in [-0.2, -0.15) is 0 Å². The molecule has 0 radical (unpaired) electrons. The monoisotopic (exact) mass is 556 g/mol. The van der Waals surface area contributed by atoms with Gasteiger partial charge in [-0.15, -0.1) is 0 Å². The lowest BCUT2D eigenvalue weighted by Crippen LogP contribution is -2.52. The molecule has 6 fully saturated rings. The highest BCUT2D eigenvalue weighted by atomic mass is 16.6. The Labute approximate surface area is 246 Å². The van der Waals surface area contributed by atoms with Gasteiger partial charge in [0.2, 0.25) is 0 Å². The topological polar surface area (TPSA) is 58.7 Å². The molecule has 6 aliphatic carbocycles. The molecule has 0 aliphatic heterocycles. The molecule has 6 rings (SSSR count). The molecule has 0 aromatic rings. The van der Waals surface area contributed by atoms with E-state index in [4.69, 9.17) is 10.7 Å². The summed E-state index contributed by atoms with van der Waals surface area (Å²) < 4.78 is 0. The molecule has 0 aromatic carbocycles. The third kappa shape index (κ3) is 7.13. The molecular weight excluding hydrogens is 492 g/mol. The predicted molar refractivity (Wildman–Crippen MR) is 165 cm³/mol. The molecule has 0 heterocycles. The van der Waals surface area contributed by atoms with E-state index in [9.17, 15) is 5.11 Å². The first-order valence-electron chi connectivity index (χ1n) is 18.5. The molecule has 4 nitrogen and oxygen atoms in total. The maximum Gasteiger partial charge on any atom is 0.0868 e. The molecule has 0 amide bonds. The number of nitrogens with zero attached hydrogens (tertiary/aromatic N) is 1. The lowest BCUT2D eigenvalue weighted by Gasteiger charge is -2.48. The van der Waals surface area contributed by atoms with Crippen LogP contribution in [0.5, 0.6) is 0 Å². The van der Waals surface area contributed by atoms with Gasteiger partial charge in [-0.1, -0.05) is 77.0 Å². The second-order valence-corrected chi connectivity index (χ2v) is 15.8. The third-order valence-electron chi connectivity index (χ3n) is 13.5. The number of hydrogen-bond acceptors (Lipinski definition) is 4. The first kappa shape index (κ1) is 29.9. The van der Waals surface area contributed by atoms with Crippen molar-refractivity contribution in [2.45, 2.75) is 191 Å². The van der Waals surface area contributed by atoms with Crippen molar-refractivity contribution >= 4 is 0 Å². The lowest BCUT2D eigenvalue weighted by molar-refractivity contribution is -0.112. The van der Waals surface area contributed by atoms with Crippen LogP contribution in [-0.2, 0) is 4.84 Å². The Kier molecular flexibility index (Phi) is 10.9. The van der Waals surface area contributed by atoms with Crippen LogP contribution in [0, 0.1) is 35.5 Å². The number of fused-ring (bicyclic) bond motifs is 1. The second-order valence-electron chi connectivity index (χ2n) is 15.8. The van der Waals surface area contributed by atoms with Crippen LogP contribution >= 0.6 is 0 Å². The summed E-state index contributed by atoms with van der Waals surface area (Å²) in [6.07, 6.45) is 34.8. The smallest absolute Gasteiger partial charge is 0.0868 e. The molecule has 6 aliphatic rings. The highest BCUT2D eigenvalue weighted by molar-refractivity contribution is 4.95. The van der Waals surface area contributed by atoms with Gasteiger partial charge < -0.3 is 9.94 Å². The SMILES string of the molecule is NOC(C1CCC(CC2CCC(N(C3CCCCC3)C3CCCCC3)CC2)CC1)C1CC2CCCCC2CC1O. The Morgan fingerprint density at radius 1 is 0.575 bits per heavy atom. The molecule has 0 bridgehead atoms. The van der Waals surface area contributed by atoms with Crippen molar-refractivity contribution in [2.75, 3.05) is 0 Å². The fourth-order valence-electron chi connectivity index (χ4n) is 11.4. The van der Waals surface area contributed by atoms with E-state index >= 15 is 0 Å². The van der Waals surface area contributed by atoms with Gasteiger partial charge in [0.1, 0.15) is 0 Å². The Bertz CT molecular complexity index is 715. The lowest BCUT2D eigenvalue weighted by atomic mass is 9.63. The zero-order valence-electron chi connectivity index (χ0n) is 25.9. The van der Waals surface area contributed by atoms with Gasteiger partial charge in [0.25, 0.3) is 0 Å². The highest BCUT2D eigenvalue weighted by Crippen LogP contribution is 2.47. The van der Waals surface area contributed by atoms with Gasteiger partial charge in [0.15, 0.2) is 0 Å².